The van der Waals surface area contributed by atoms with Crippen molar-refractivity contribution in [1.29, 1.82) is 5.41 Å². The minimum Gasteiger partial charge on any atom is -0.452 e. The number of carbonyl (C=O) groups is 3. The molecule has 3 aromatic rings. The van der Waals surface area contributed by atoms with Gasteiger partial charge in [-0.25, -0.2) is 14.4 Å². The van der Waals surface area contributed by atoms with E-state index in [-0.39, 0.29) is 16.7 Å². The van der Waals surface area contributed by atoms with Crippen LogP contribution < -0.4 is 0 Å². The van der Waals surface area contributed by atoms with Gasteiger partial charge in [-0.2, -0.15) is 0 Å². The van der Waals surface area contributed by atoms with Gasteiger partial charge < -0.3 is 23.7 Å². The molecule has 41 heavy (non-hydrogen) atoms. The molecule has 0 saturated carbocycles. The Morgan fingerprint density at radius 3 is 1.39 bits per heavy atom. The highest BCUT2D eigenvalue weighted by molar-refractivity contribution is 6.76. The summed E-state index contributed by atoms with van der Waals surface area (Å²) in [6, 6.07) is 24.1. The van der Waals surface area contributed by atoms with Crippen molar-refractivity contribution in [3.05, 3.63) is 108 Å². The molecule has 0 radical (unpaired) electrons. The predicted molar refractivity (Wildman–Crippen MR) is 150 cm³/mol. The lowest BCUT2D eigenvalue weighted by Gasteiger charge is -2.43. The lowest BCUT2D eigenvalue weighted by atomic mass is 9.98. The minimum atomic E-state index is -2.28. The van der Waals surface area contributed by atoms with Crippen LogP contribution in [-0.4, -0.2) is 58.3 Å². The third kappa shape index (κ3) is 7.77. The first kappa shape index (κ1) is 30.3. The van der Waals surface area contributed by atoms with E-state index in [1.54, 1.807) is 66.7 Å². The van der Waals surface area contributed by atoms with E-state index in [9.17, 15) is 14.4 Å². The van der Waals surface area contributed by atoms with E-state index in [0.717, 1.165) is 0 Å². The summed E-state index contributed by atoms with van der Waals surface area (Å²) in [7, 11) is 0. The number of hydrogen-bond acceptors (Lipinski definition) is 9. The molecule has 1 aliphatic rings. The number of esters is 3. The van der Waals surface area contributed by atoms with Crippen molar-refractivity contribution in [3.8, 4) is 0 Å². The standard InChI is InChI=1S/C29H24Cl3NO8/c1-17-21(38-24(34)18-11-5-2-6-12-18)22(39-25(35)19-13-7-3-8-14-19)23(27(37-17)41-28(33)29(30,31)32)40-26(36)20-15-9-4-10-16-20/h2-17,21-23,27,33H,1H3/t17-,21+,22+,23+,27?/m0/s1. The van der Waals surface area contributed by atoms with Crippen LogP contribution in [0.2, 0.25) is 0 Å². The normalized spacial score (nSPS) is 22.2. The summed E-state index contributed by atoms with van der Waals surface area (Å²) in [5.41, 5.74) is 0.564. The largest absolute Gasteiger partial charge is 0.452 e. The van der Waals surface area contributed by atoms with Gasteiger partial charge in [0.25, 0.3) is 3.79 Å². The average Bonchev–Trinajstić information content (AvgIpc) is 2.97. The third-order valence-electron chi connectivity index (χ3n) is 5.98. The first-order chi connectivity index (χ1) is 19.5. The number of hydrogen-bond donors (Lipinski definition) is 1. The topological polar surface area (TPSA) is 121 Å². The average molecular weight is 621 g/mol. The molecule has 0 aliphatic carbocycles. The number of benzene rings is 3. The Morgan fingerprint density at radius 1 is 0.634 bits per heavy atom. The second-order valence-electron chi connectivity index (χ2n) is 8.86. The maximum Gasteiger partial charge on any atom is 0.338 e. The van der Waals surface area contributed by atoms with E-state index < -0.39 is 58.3 Å². The van der Waals surface area contributed by atoms with Crippen LogP contribution in [0.1, 0.15) is 38.0 Å². The Bertz CT molecular complexity index is 1370. The Kier molecular flexibility index (Phi) is 9.88. The van der Waals surface area contributed by atoms with E-state index in [0.29, 0.717) is 0 Å². The number of halogens is 3. The molecular weight excluding hydrogens is 597 g/mol. The molecule has 4 rings (SSSR count). The van der Waals surface area contributed by atoms with Crippen LogP contribution >= 0.6 is 34.8 Å². The maximum absolute atomic E-state index is 13.2. The van der Waals surface area contributed by atoms with Gasteiger partial charge in [-0.05, 0) is 43.3 Å². The highest BCUT2D eigenvalue weighted by Gasteiger charge is 2.53. The van der Waals surface area contributed by atoms with Crippen LogP contribution in [0.5, 0.6) is 0 Å². The summed E-state index contributed by atoms with van der Waals surface area (Å²) >= 11 is 17.5. The van der Waals surface area contributed by atoms with Crippen molar-refractivity contribution in [2.24, 2.45) is 0 Å². The van der Waals surface area contributed by atoms with E-state index >= 15 is 0 Å². The Hall–Kier alpha value is -3.63. The molecule has 5 atom stereocenters. The zero-order chi connectivity index (χ0) is 29.6. The van der Waals surface area contributed by atoms with Crippen LogP contribution in [0.15, 0.2) is 91.0 Å². The fourth-order valence-corrected chi connectivity index (χ4v) is 4.10. The first-order valence-electron chi connectivity index (χ1n) is 12.3. The number of alkyl halides is 3. The molecule has 0 aromatic heterocycles. The number of rotatable bonds is 7. The molecule has 214 valence electrons. The van der Waals surface area contributed by atoms with Crippen molar-refractivity contribution in [2.45, 2.75) is 41.4 Å². The second-order valence-corrected chi connectivity index (χ2v) is 11.1. The van der Waals surface area contributed by atoms with Crippen LogP contribution in [-0.2, 0) is 23.7 Å². The van der Waals surface area contributed by atoms with Gasteiger partial charge >= 0.3 is 17.9 Å². The van der Waals surface area contributed by atoms with Crippen molar-refractivity contribution in [1.82, 2.24) is 0 Å². The highest BCUT2D eigenvalue weighted by Crippen LogP contribution is 2.34. The summed E-state index contributed by atoms with van der Waals surface area (Å²) in [6.07, 6.45) is -6.93. The Balaban J connectivity index is 1.73. The molecule has 1 heterocycles. The molecule has 3 aromatic carbocycles. The predicted octanol–water partition coefficient (Wildman–Crippen LogP) is 5.77. The molecule has 0 amide bonds. The van der Waals surface area contributed by atoms with Gasteiger partial charge in [-0.3, -0.25) is 5.41 Å². The van der Waals surface area contributed by atoms with E-state index in [2.05, 4.69) is 0 Å². The molecule has 1 unspecified atom stereocenters. The molecular formula is C29H24Cl3NO8. The lowest BCUT2D eigenvalue weighted by Crippen LogP contribution is -2.62. The lowest BCUT2D eigenvalue weighted by molar-refractivity contribution is -0.270. The van der Waals surface area contributed by atoms with Crippen LogP contribution in [0.3, 0.4) is 0 Å². The zero-order valence-corrected chi connectivity index (χ0v) is 23.7. The van der Waals surface area contributed by atoms with Gasteiger partial charge in [0.1, 0.15) is 0 Å². The van der Waals surface area contributed by atoms with E-state index in [4.69, 9.17) is 63.9 Å². The molecule has 9 nitrogen and oxygen atoms in total. The molecule has 1 aliphatic heterocycles. The molecule has 1 saturated heterocycles. The summed E-state index contributed by atoms with van der Waals surface area (Å²) < 4.78 is 26.4. The van der Waals surface area contributed by atoms with Crippen molar-refractivity contribution >= 4 is 58.6 Å². The van der Waals surface area contributed by atoms with Gasteiger partial charge in [0.15, 0.2) is 12.2 Å². The van der Waals surface area contributed by atoms with Gasteiger partial charge in [0, 0.05) is 0 Å². The smallest absolute Gasteiger partial charge is 0.338 e. The van der Waals surface area contributed by atoms with Gasteiger partial charge in [0.2, 0.25) is 18.3 Å². The zero-order valence-electron chi connectivity index (χ0n) is 21.4. The van der Waals surface area contributed by atoms with Crippen molar-refractivity contribution in [2.75, 3.05) is 0 Å². The summed E-state index contributed by atoms with van der Waals surface area (Å²) in [4.78, 5) is 39.4. The van der Waals surface area contributed by atoms with Gasteiger partial charge in [-0.1, -0.05) is 89.4 Å². The molecule has 12 heteroatoms. The van der Waals surface area contributed by atoms with Crippen molar-refractivity contribution < 1.29 is 38.1 Å². The first-order valence-corrected chi connectivity index (χ1v) is 13.4. The van der Waals surface area contributed by atoms with E-state index in [1.807, 2.05) is 0 Å². The van der Waals surface area contributed by atoms with Crippen LogP contribution in [0, 0.1) is 5.41 Å². The third-order valence-corrected chi connectivity index (χ3v) is 6.49. The Labute approximate surface area is 250 Å². The summed E-state index contributed by atoms with van der Waals surface area (Å²) in [5, 5.41) is 8.06. The molecule has 1 N–H and O–H groups in total. The fraction of sp³-hybridized carbons (Fsp3) is 0.241. The SMILES string of the molecule is C[C@@H]1OC(OC(=N)C(Cl)(Cl)Cl)[C@H](OC(=O)c2ccccc2)[C@H](OC(=O)c2ccccc2)[C@@H]1OC(=O)c1ccccc1. The second kappa shape index (κ2) is 13.4. The number of carbonyl (C=O) groups excluding carboxylic acids is 3. The quantitative estimate of drug-likeness (QED) is 0.116. The summed E-state index contributed by atoms with van der Waals surface area (Å²) in [5.74, 6) is -3.22. The highest BCUT2D eigenvalue weighted by atomic mass is 35.6. The Morgan fingerprint density at radius 2 is 1.00 bits per heavy atom. The monoisotopic (exact) mass is 619 g/mol. The molecule has 0 spiro atoms. The number of ether oxygens (including phenoxy) is 5. The summed E-state index contributed by atoms with van der Waals surface area (Å²) in [6.45, 7) is 1.52. The number of nitrogens with one attached hydrogen (secondary N) is 1. The molecule has 0 bridgehead atoms. The van der Waals surface area contributed by atoms with Crippen molar-refractivity contribution in [3.63, 3.8) is 0 Å². The minimum absolute atomic E-state index is 0.160. The maximum atomic E-state index is 13.2. The fourth-order valence-electron chi connectivity index (χ4n) is 3.97. The van der Waals surface area contributed by atoms with Gasteiger partial charge in [-0.15, -0.1) is 0 Å². The van der Waals surface area contributed by atoms with E-state index in [1.165, 1.54) is 31.2 Å². The molecule has 1 fully saturated rings. The van der Waals surface area contributed by atoms with Gasteiger partial charge in [0.05, 0.1) is 22.8 Å². The van der Waals surface area contributed by atoms with Crippen LogP contribution in [0.25, 0.3) is 0 Å². The van der Waals surface area contributed by atoms with Crippen LogP contribution in [0.4, 0.5) is 0 Å².